The molecule has 1 aliphatic rings. The second kappa shape index (κ2) is 14.0. The number of carbonyl (C=O) groups excluding carboxylic acids is 1. The number of benzene rings is 3. The van der Waals surface area contributed by atoms with Crippen molar-refractivity contribution in [2.45, 2.75) is 50.7 Å². The molecule has 1 saturated heterocycles. The minimum absolute atomic E-state index is 0.00744. The van der Waals surface area contributed by atoms with Gasteiger partial charge in [-0.3, -0.25) is 0 Å². The quantitative estimate of drug-likeness (QED) is 0.198. The van der Waals surface area contributed by atoms with Gasteiger partial charge in [-0.1, -0.05) is 91.5 Å². The van der Waals surface area contributed by atoms with Crippen LogP contribution >= 0.6 is 11.8 Å². The van der Waals surface area contributed by atoms with Crippen LogP contribution < -0.4 is 10.6 Å². The molecular formula is C33H38N4O4S. The maximum absolute atomic E-state index is 12.0. The van der Waals surface area contributed by atoms with Crippen LogP contribution in [0.15, 0.2) is 90.3 Å². The third-order valence-corrected chi connectivity index (χ3v) is 8.71. The Labute approximate surface area is 251 Å². The molecule has 0 bridgehead atoms. The highest BCUT2D eigenvalue weighted by Gasteiger charge is 2.38. The van der Waals surface area contributed by atoms with Crippen LogP contribution in [0.1, 0.15) is 48.5 Å². The Hall–Kier alpha value is -3.63. The van der Waals surface area contributed by atoms with E-state index >= 15 is 0 Å². The zero-order valence-corrected chi connectivity index (χ0v) is 25.0. The van der Waals surface area contributed by atoms with E-state index in [1.54, 1.807) is 18.0 Å². The van der Waals surface area contributed by atoms with E-state index in [1.165, 1.54) is 0 Å². The van der Waals surface area contributed by atoms with Crippen molar-refractivity contribution < 1.29 is 19.4 Å². The first-order valence-corrected chi connectivity index (χ1v) is 15.3. The summed E-state index contributed by atoms with van der Waals surface area (Å²) < 4.78 is 15.2. The van der Waals surface area contributed by atoms with Crippen molar-refractivity contribution in [3.8, 4) is 11.1 Å². The fourth-order valence-corrected chi connectivity index (χ4v) is 6.23. The van der Waals surface area contributed by atoms with Crippen LogP contribution in [0.25, 0.3) is 11.1 Å². The number of ether oxygens (including phenoxy) is 2. The summed E-state index contributed by atoms with van der Waals surface area (Å²) in [6.45, 7) is 5.08. The zero-order chi connectivity index (χ0) is 29.5. The molecule has 2 amide bonds. The summed E-state index contributed by atoms with van der Waals surface area (Å²) in [5, 5.41) is 16.2. The molecule has 4 atom stereocenters. The number of aliphatic hydroxyl groups excluding tert-OH is 1. The monoisotopic (exact) mass is 586 g/mol. The Morgan fingerprint density at radius 2 is 1.74 bits per heavy atom. The van der Waals surface area contributed by atoms with Gasteiger partial charge in [0.15, 0.2) is 11.4 Å². The van der Waals surface area contributed by atoms with Crippen LogP contribution in [-0.4, -0.2) is 39.1 Å². The van der Waals surface area contributed by atoms with Crippen molar-refractivity contribution >= 4 is 17.8 Å². The van der Waals surface area contributed by atoms with Gasteiger partial charge in [-0.25, -0.2) is 9.78 Å². The summed E-state index contributed by atoms with van der Waals surface area (Å²) in [6.07, 6.45) is 2.96. The van der Waals surface area contributed by atoms with Gasteiger partial charge in [-0.15, -0.1) is 0 Å². The molecule has 1 aromatic heterocycles. The third kappa shape index (κ3) is 7.04. The number of aliphatic hydroxyl groups is 1. The Kier molecular flexibility index (Phi) is 9.97. The highest BCUT2D eigenvalue weighted by molar-refractivity contribution is 7.99. The van der Waals surface area contributed by atoms with E-state index in [0.717, 1.165) is 44.3 Å². The lowest BCUT2D eigenvalue weighted by atomic mass is 9.91. The number of hydrogen-bond donors (Lipinski definition) is 3. The van der Waals surface area contributed by atoms with E-state index < -0.39 is 6.29 Å². The second-order valence-electron chi connectivity index (χ2n) is 10.4. The van der Waals surface area contributed by atoms with Crippen molar-refractivity contribution in [2.24, 2.45) is 13.0 Å². The highest BCUT2D eigenvalue weighted by atomic mass is 32.2. The van der Waals surface area contributed by atoms with Crippen molar-refractivity contribution in [2.75, 3.05) is 12.3 Å². The van der Waals surface area contributed by atoms with Crippen molar-refractivity contribution in [1.82, 2.24) is 20.2 Å². The topological polar surface area (TPSA) is 97.6 Å². The number of nitrogens with zero attached hydrogens (tertiary/aromatic N) is 2. The van der Waals surface area contributed by atoms with E-state index in [2.05, 4.69) is 52.9 Å². The lowest BCUT2D eigenvalue weighted by molar-refractivity contribution is -0.268. The Morgan fingerprint density at radius 3 is 2.43 bits per heavy atom. The minimum Gasteiger partial charge on any atom is -0.392 e. The fraction of sp³-hybridized carbons (Fsp3) is 0.333. The number of nitrogens with one attached hydrogen (secondary N) is 2. The molecule has 9 heteroatoms. The summed E-state index contributed by atoms with van der Waals surface area (Å²) in [7, 11) is 1.99. The van der Waals surface area contributed by atoms with Gasteiger partial charge in [0.1, 0.15) is 0 Å². The standard InChI is InChI=1S/C33H38N4O4S/c1-4-34-32(39)36-19-27-7-5-6-8-28(27)24-13-15-26(16-14-24)31-40-29(21-42-33-35-17-18-37(33)3)22(2)30(41-31)25-11-9-23(20-38)10-12-25/h5-18,22,29-31,38H,4,19-21H2,1-3H3,(H2,34,36,39). The molecule has 42 heavy (non-hydrogen) atoms. The molecule has 3 N–H and O–H groups in total. The first kappa shape index (κ1) is 29.8. The first-order valence-electron chi connectivity index (χ1n) is 14.3. The number of imidazole rings is 1. The van der Waals surface area contributed by atoms with Crippen LogP contribution in [0.5, 0.6) is 0 Å². The number of hydrogen-bond acceptors (Lipinski definition) is 6. The molecule has 0 spiro atoms. The Bertz CT molecular complexity index is 1460. The van der Waals surface area contributed by atoms with Crippen LogP contribution in [0.4, 0.5) is 4.79 Å². The average Bonchev–Trinajstić information content (AvgIpc) is 3.44. The molecule has 1 fully saturated rings. The molecule has 4 aromatic rings. The Morgan fingerprint density at radius 1 is 1.00 bits per heavy atom. The van der Waals surface area contributed by atoms with Gasteiger partial charge < -0.3 is 29.8 Å². The summed E-state index contributed by atoms with van der Waals surface area (Å²) >= 11 is 1.68. The predicted molar refractivity (Wildman–Crippen MR) is 165 cm³/mol. The largest absolute Gasteiger partial charge is 0.392 e. The van der Waals surface area contributed by atoms with E-state index in [4.69, 9.17) is 9.47 Å². The van der Waals surface area contributed by atoms with E-state index in [9.17, 15) is 9.90 Å². The van der Waals surface area contributed by atoms with Gasteiger partial charge in [0.2, 0.25) is 0 Å². The molecule has 4 unspecified atom stereocenters. The molecule has 0 radical (unpaired) electrons. The van der Waals surface area contributed by atoms with Crippen molar-refractivity contribution in [3.05, 3.63) is 107 Å². The second-order valence-corrected chi connectivity index (χ2v) is 11.4. The van der Waals surface area contributed by atoms with Crippen molar-refractivity contribution in [1.29, 1.82) is 0 Å². The SMILES string of the molecule is CCNC(=O)NCc1ccccc1-c1ccc(C2OC(CSc3nccn3C)C(C)C(c3ccc(CO)cc3)O2)cc1. The normalized spacial score (nSPS) is 20.3. The van der Waals surface area contributed by atoms with Gasteiger partial charge in [-0.05, 0) is 34.7 Å². The van der Waals surface area contributed by atoms with Gasteiger partial charge in [-0.2, -0.15) is 0 Å². The summed E-state index contributed by atoms with van der Waals surface area (Å²) in [5.74, 6) is 0.832. The number of urea groups is 1. The molecule has 5 rings (SSSR count). The van der Waals surface area contributed by atoms with E-state index in [1.807, 2.05) is 67.2 Å². The van der Waals surface area contributed by atoms with Crippen LogP contribution in [-0.2, 0) is 29.7 Å². The van der Waals surface area contributed by atoms with Crippen LogP contribution in [0.2, 0.25) is 0 Å². The van der Waals surface area contributed by atoms with Gasteiger partial charge in [0, 0.05) is 49.8 Å². The zero-order valence-electron chi connectivity index (χ0n) is 24.2. The van der Waals surface area contributed by atoms with E-state index in [-0.39, 0.29) is 30.8 Å². The predicted octanol–water partition coefficient (Wildman–Crippen LogP) is 5.98. The lowest BCUT2D eigenvalue weighted by Gasteiger charge is -2.41. The lowest BCUT2D eigenvalue weighted by Crippen LogP contribution is -2.38. The van der Waals surface area contributed by atoms with Crippen LogP contribution in [0, 0.1) is 5.92 Å². The van der Waals surface area contributed by atoms with Crippen molar-refractivity contribution in [3.63, 3.8) is 0 Å². The number of carbonyl (C=O) groups is 1. The molecule has 0 saturated carbocycles. The number of rotatable bonds is 10. The number of aromatic nitrogens is 2. The number of aryl methyl sites for hydroxylation is 1. The molecule has 2 heterocycles. The maximum atomic E-state index is 12.0. The molecule has 1 aliphatic heterocycles. The average molecular weight is 587 g/mol. The molecular weight excluding hydrogens is 548 g/mol. The fourth-order valence-electron chi connectivity index (χ4n) is 5.13. The minimum atomic E-state index is -0.542. The molecule has 0 aliphatic carbocycles. The summed E-state index contributed by atoms with van der Waals surface area (Å²) in [4.78, 5) is 16.4. The first-order chi connectivity index (χ1) is 20.5. The van der Waals surface area contributed by atoms with Gasteiger partial charge >= 0.3 is 6.03 Å². The van der Waals surface area contributed by atoms with Gasteiger partial charge in [0.25, 0.3) is 0 Å². The smallest absolute Gasteiger partial charge is 0.315 e. The summed E-state index contributed by atoms with van der Waals surface area (Å²) in [6, 6.07) is 24.1. The molecule has 3 aromatic carbocycles. The highest BCUT2D eigenvalue weighted by Crippen LogP contribution is 2.43. The number of thioether (sulfide) groups is 1. The van der Waals surface area contributed by atoms with E-state index in [0.29, 0.717) is 13.1 Å². The maximum Gasteiger partial charge on any atom is 0.315 e. The third-order valence-electron chi connectivity index (χ3n) is 7.57. The van der Waals surface area contributed by atoms with Crippen LogP contribution in [0.3, 0.4) is 0 Å². The Balaban J connectivity index is 1.37. The van der Waals surface area contributed by atoms with Gasteiger partial charge in [0.05, 0.1) is 18.8 Å². The summed E-state index contributed by atoms with van der Waals surface area (Å²) in [5.41, 5.74) is 6.01. The molecule has 8 nitrogen and oxygen atoms in total. The molecule has 220 valence electrons. The number of amides is 2.